The molecule has 1 fully saturated rings. The molecule has 0 unspecified atom stereocenters. The summed E-state index contributed by atoms with van der Waals surface area (Å²) in [6.07, 6.45) is 3.47. The highest BCUT2D eigenvalue weighted by Crippen LogP contribution is 2.17. The van der Waals surface area contributed by atoms with Crippen LogP contribution in [0.15, 0.2) is 24.3 Å². The molecule has 0 spiro atoms. The summed E-state index contributed by atoms with van der Waals surface area (Å²) in [5.41, 5.74) is 1.04. The topological polar surface area (TPSA) is 66.5 Å². The van der Waals surface area contributed by atoms with Gasteiger partial charge < -0.3 is 4.90 Å². The number of amides is 1. The van der Waals surface area contributed by atoms with E-state index in [1.54, 1.807) is 0 Å². The van der Waals surface area contributed by atoms with E-state index < -0.39 is 18.1 Å². The molecule has 1 aliphatic rings. The summed E-state index contributed by atoms with van der Waals surface area (Å²) in [7, 11) is -4.49. The van der Waals surface area contributed by atoms with Crippen molar-refractivity contribution in [3.8, 4) is 0 Å². The average Bonchev–Trinajstić information content (AvgIpc) is 2.52. The fraction of sp³-hybridized carbons (Fsp3) is 0.611. The molecule has 25 heavy (non-hydrogen) atoms. The third-order valence-electron chi connectivity index (χ3n) is 4.68. The molecule has 1 atom stereocenters. The molecule has 7 heteroatoms. The number of likely N-dealkylation sites (tertiary alicyclic amines) is 1. The van der Waals surface area contributed by atoms with Crippen LogP contribution in [0.5, 0.6) is 0 Å². The predicted octanol–water partition coefficient (Wildman–Crippen LogP) is 1.56. The van der Waals surface area contributed by atoms with E-state index in [9.17, 15) is 13.2 Å². The molecule has 0 aliphatic carbocycles. The first-order valence-electron chi connectivity index (χ1n) is 8.86. The molecule has 1 saturated heterocycles. The number of sulfonamides is 1. The van der Waals surface area contributed by atoms with Gasteiger partial charge in [-0.1, -0.05) is 49.1 Å². The molecule has 0 radical (unpaired) electrons. The first-order chi connectivity index (χ1) is 11.5. The van der Waals surface area contributed by atoms with Gasteiger partial charge in [0.25, 0.3) is 0 Å². The van der Waals surface area contributed by atoms with Crippen LogP contribution in [0.2, 0.25) is 19.6 Å². The van der Waals surface area contributed by atoms with E-state index >= 15 is 0 Å². The summed E-state index contributed by atoms with van der Waals surface area (Å²) in [6, 6.07) is 8.45. The molecule has 2 rings (SSSR count). The smallest absolute Gasteiger partial charge is 0.226 e. The summed E-state index contributed by atoms with van der Waals surface area (Å²) in [5.74, 6) is 0.325. The van der Waals surface area contributed by atoms with Crippen molar-refractivity contribution in [2.45, 2.75) is 38.9 Å². The van der Waals surface area contributed by atoms with Crippen molar-refractivity contribution >= 4 is 29.2 Å². The molecule has 1 heterocycles. The van der Waals surface area contributed by atoms with Crippen LogP contribution in [-0.2, 0) is 21.2 Å². The monoisotopic (exact) mass is 382 g/mol. The standard InChI is InChI=1S/C18H30N2O3SSi/c1-24(22,23)19-13-16-6-5-11-20(14-16)18(21)12-15-7-9-17(10-8-15)25(2,3)4/h7-10,16,19H,5-6,11-14H2,1-4H3/t16-/m1/s1. The molecular formula is C18H30N2O3SSi. The van der Waals surface area contributed by atoms with Crippen molar-refractivity contribution in [2.24, 2.45) is 5.92 Å². The van der Waals surface area contributed by atoms with Crippen molar-refractivity contribution in [1.82, 2.24) is 9.62 Å². The quantitative estimate of drug-likeness (QED) is 0.760. The number of hydrogen-bond donors (Lipinski definition) is 1. The van der Waals surface area contributed by atoms with Crippen LogP contribution in [0.3, 0.4) is 0 Å². The summed E-state index contributed by atoms with van der Waals surface area (Å²) in [4.78, 5) is 14.5. The van der Waals surface area contributed by atoms with E-state index in [1.165, 1.54) is 11.4 Å². The Balaban J connectivity index is 1.91. The average molecular weight is 383 g/mol. The second-order valence-electron chi connectivity index (χ2n) is 8.09. The Bertz CT molecular complexity index is 696. The van der Waals surface area contributed by atoms with Crippen LogP contribution in [0, 0.1) is 5.92 Å². The Morgan fingerprint density at radius 3 is 2.44 bits per heavy atom. The van der Waals surface area contributed by atoms with Gasteiger partial charge in [-0.25, -0.2) is 13.1 Å². The first-order valence-corrected chi connectivity index (χ1v) is 14.3. The lowest BCUT2D eigenvalue weighted by atomic mass is 9.97. The minimum absolute atomic E-state index is 0.129. The third kappa shape index (κ3) is 6.56. The molecule has 1 aromatic carbocycles. The van der Waals surface area contributed by atoms with Crippen molar-refractivity contribution < 1.29 is 13.2 Å². The summed E-state index contributed by atoms with van der Waals surface area (Å²) in [6.45, 7) is 8.74. The Morgan fingerprint density at radius 2 is 1.88 bits per heavy atom. The maximum Gasteiger partial charge on any atom is 0.226 e. The van der Waals surface area contributed by atoms with Gasteiger partial charge in [0.2, 0.25) is 15.9 Å². The number of carbonyl (C=O) groups excluding carboxylic acids is 1. The fourth-order valence-electron chi connectivity index (χ4n) is 3.14. The zero-order valence-electron chi connectivity index (χ0n) is 15.7. The van der Waals surface area contributed by atoms with E-state index in [0.717, 1.165) is 24.9 Å². The lowest BCUT2D eigenvalue weighted by Crippen LogP contribution is -2.44. The number of hydrogen-bond acceptors (Lipinski definition) is 3. The van der Waals surface area contributed by atoms with Crippen molar-refractivity contribution in [2.75, 3.05) is 25.9 Å². The van der Waals surface area contributed by atoms with Gasteiger partial charge in [0, 0.05) is 19.6 Å². The molecule has 140 valence electrons. The van der Waals surface area contributed by atoms with Crippen LogP contribution in [0.4, 0.5) is 0 Å². The van der Waals surface area contributed by atoms with E-state index in [1.807, 2.05) is 4.90 Å². The Kier molecular flexibility index (Phi) is 6.45. The maximum absolute atomic E-state index is 12.6. The highest BCUT2D eigenvalue weighted by atomic mass is 32.2. The highest BCUT2D eigenvalue weighted by Gasteiger charge is 2.24. The van der Waals surface area contributed by atoms with Crippen LogP contribution >= 0.6 is 0 Å². The number of carbonyl (C=O) groups is 1. The van der Waals surface area contributed by atoms with E-state index in [-0.39, 0.29) is 11.8 Å². The van der Waals surface area contributed by atoms with Gasteiger partial charge in [-0.3, -0.25) is 4.79 Å². The fourth-order valence-corrected chi connectivity index (χ4v) is 4.84. The van der Waals surface area contributed by atoms with Crippen LogP contribution < -0.4 is 9.91 Å². The second-order valence-corrected chi connectivity index (χ2v) is 15.0. The maximum atomic E-state index is 12.6. The second kappa shape index (κ2) is 8.01. The number of nitrogens with one attached hydrogen (secondary N) is 1. The SMILES string of the molecule is C[Si](C)(C)c1ccc(CC(=O)N2CCC[C@H](CNS(C)(=O)=O)C2)cc1. The van der Waals surface area contributed by atoms with E-state index in [0.29, 0.717) is 19.5 Å². The molecule has 0 saturated carbocycles. The Hall–Kier alpha value is -1.18. The van der Waals surface area contributed by atoms with Crippen molar-refractivity contribution in [3.63, 3.8) is 0 Å². The highest BCUT2D eigenvalue weighted by molar-refractivity contribution is 7.88. The molecule has 0 aromatic heterocycles. The van der Waals surface area contributed by atoms with Gasteiger partial charge in [-0.05, 0) is 24.3 Å². The lowest BCUT2D eigenvalue weighted by Gasteiger charge is -2.33. The largest absolute Gasteiger partial charge is 0.342 e. The van der Waals surface area contributed by atoms with Gasteiger partial charge in [-0.15, -0.1) is 0 Å². The normalized spacial score (nSPS) is 19.0. The minimum Gasteiger partial charge on any atom is -0.342 e. The van der Waals surface area contributed by atoms with Gasteiger partial charge in [0.1, 0.15) is 0 Å². The van der Waals surface area contributed by atoms with Gasteiger partial charge in [0.15, 0.2) is 0 Å². The number of nitrogens with zero attached hydrogens (tertiary/aromatic N) is 1. The Morgan fingerprint density at radius 1 is 1.24 bits per heavy atom. The molecule has 0 bridgehead atoms. The first kappa shape index (κ1) is 20.1. The van der Waals surface area contributed by atoms with Crippen LogP contribution in [0.25, 0.3) is 0 Å². The minimum atomic E-state index is -3.18. The zero-order chi connectivity index (χ0) is 18.7. The summed E-state index contributed by atoms with van der Waals surface area (Å²) < 4.78 is 25.0. The van der Waals surface area contributed by atoms with Crippen LogP contribution in [-0.4, -0.2) is 53.2 Å². The summed E-state index contributed by atoms with van der Waals surface area (Å²) in [5, 5.41) is 1.40. The zero-order valence-corrected chi connectivity index (χ0v) is 17.5. The predicted molar refractivity (Wildman–Crippen MR) is 105 cm³/mol. The number of piperidine rings is 1. The van der Waals surface area contributed by atoms with Gasteiger partial charge in [0.05, 0.1) is 20.8 Å². The molecular weight excluding hydrogens is 352 g/mol. The van der Waals surface area contributed by atoms with Crippen LogP contribution in [0.1, 0.15) is 18.4 Å². The van der Waals surface area contributed by atoms with E-state index in [2.05, 4.69) is 48.6 Å². The molecule has 1 aliphatic heterocycles. The van der Waals surface area contributed by atoms with E-state index in [4.69, 9.17) is 0 Å². The molecule has 5 nitrogen and oxygen atoms in total. The molecule has 1 aromatic rings. The van der Waals surface area contributed by atoms with Gasteiger partial charge >= 0.3 is 0 Å². The summed E-state index contributed by atoms with van der Waals surface area (Å²) >= 11 is 0. The molecule has 1 N–H and O–H groups in total. The van der Waals surface area contributed by atoms with Gasteiger partial charge in [-0.2, -0.15) is 0 Å². The number of rotatable bonds is 6. The number of benzene rings is 1. The lowest BCUT2D eigenvalue weighted by molar-refractivity contribution is -0.132. The van der Waals surface area contributed by atoms with Crippen molar-refractivity contribution in [3.05, 3.63) is 29.8 Å². The van der Waals surface area contributed by atoms with Crippen molar-refractivity contribution in [1.29, 1.82) is 0 Å². The molecule has 1 amide bonds. The third-order valence-corrected chi connectivity index (χ3v) is 7.44. The Labute approximate surface area is 152 Å².